The SMILES string of the molecule is C=CCNc1nc(-c2[nH]c(=O)[nH]c2C)c(CCCC(=O)OCC)s1. The molecule has 0 amide bonds. The molecule has 0 aliphatic rings. The van der Waals surface area contributed by atoms with Crippen molar-refractivity contribution in [3.05, 3.63) is 33.7 Å². The largest absolute Gasteiger partial charge is 0.466 e. The van der Waals surface area contributed by atoms with Gasteiger partial charge in [-0.2, -0.15) is 0 Å². The third-order valence-electron chi connectivity index (χ3n) is 3.34. The quantitative estimate of drug-likeness (QED) is 0.477. The lowest BCUT2D eigenvalue weighted by Gasteiger charge is -2.02. The minimum absolute atomic E-state index is 0.195. The second kappa shape index (κ2) is 8.49. The van der Waals surface area contributed by atoms with Crippen molar-refractivity contribution in [2.45, 2.75) is 33.1 Å². The van der Waals surface area contributed by atoms with E-state index < -0.39 is 0 Å². The number of aromatic amines is 2. The lowest BCUT2D eigenvalue weighted by molar-refractivity contribution is -0.143. The molecule has 130 valence electrons. The molecule has 0 aliphatic carbocycles. The molecular formula is C16H22N4O3S. The van der Waals surface area contributed by atoms with Gasteiger partial charge in [0.2, 0.25) is 0 Å². The monoisotopic (exact) mass is 350 g/mol. The molecule has 8 heteroatoms. The van der Waals surface area contributed by atoms with Crippen LogP contribution in [0.4, 0.5) is 5.13 Å². The minimum Gasteiger partial charge on any atom is -0.466 e. The maximum Gasteiger partial charge on any atom is 0.323 e. The van der Waals surface area contributed by atoms with Crippen molar-refractivity contribution in [2.75, 3.05) is 18.5 Å². The summed E-state index contributed by atoms with van der Waals surface area (Å²) in [7, 11) is 0. The van der Waals surface area contributed by atoms with Gasteiger partial charge in [-0.25, -0.2) is 9.78 Å². The van der Waals surface area contributed by atoms with Gasteiger partial charge in [-0.3, -0.25) is 4.79 Å². The molecule has 2 aromatic rings. The number of esters is 1. The number of anilines is 1. The first-order chi connectivity index (χ1) is 11.5. The number of hydrogen-bond donors (Lipinski definition) is 3. The van der Waals surface area contributed by atoms with E-state index in [2.05, 4.69) is 26.8 Å². The summed E-state index contributed by atoms with van der Waals surface area (Å²) in [6.45, 7) is 8.30. The summed E-state index contributed by atoms with van der Waals surface area (Å²) in [6.07, 6.45) is 3.48. The maximum atomic E-state index is 11.5. The Bertz CT molecular complexity index is 760. The molecule has 7 nitrogen and oxygen atoms in total. The molecule has 3 N–H and O–H groups in total. The molecule has 0 aromatic carbocycles. The van der Waals surface area contributed by atoms with E-state index in [1.165, 1.54) is 11.3 Å². The Kier molecular flexibility index (Phi) is 6.36. The summed E-state index contributed by atoms with van der Waals surface area (Å²) >= 11 is 1.52. The van der Waals surface area contributed by atoms with Gasteiger partial charge in [0.05, 0.1) is 12.3 Å². The smallest absolute Gasteiger partial charge is 0.323 e. The van der Waals surface area contributed by atoms with Crippen LogP contribution in [0.1, 0.15) is 30.3 Å². The number of aryl methyl sites for hydroxylation is 2. The van der Waals surface area contributed by atoms with Crippen LogP contribution in [0.5, 0.6) is 0 Å². The molecule has 24 heavy (non-hydrogen) atoms. The van der Waals surface area contributed by atoms with Gasteiger partial charge < -0.3 is 20.0 Å². The fraction of sp³-hybridized carbons (Fsp3) is 0.438. The van der Waals surface area contributed by atoms with Gasteiger partial charge in [-0.15, -0.1) is 17.9 Å². The summed E-state index contributed by atoms with van der Waals surface area (Å²) in [6, 6.07) is 0. The highest BCUT2D eigenvalue weighted by molar-refractivity contribution is 7.16. The predicted molar refractivity (Wildman–Crippen MR) is 95.5 cm³/mol. The third-order valence-corrected chi connectivity index (χ3v) is 4.41. The topological polar surface area (TPSA) is 99.9 Å². The van der Waals surface area contributed by atoms with Crippen LogP contribution in [0.2, 0.25) is 0 Å². The number of carbonyl (C=O) groups excluding carboxylic acids is 1. The zero-order chi connectivity index (χ0) is 17.5. The lowest BCUT2D eigenvalue weighted by Crippen LogP contribution is -2.04. The fourth-order valence-electron chi connectivity index (χ4n) is 2.29. The number of aromatic nitrogens is 3. The number of H-pyrrole nitrogens is 2. The maximum absolute atomic E-state index is 11.5. The number of nitrogens with one attached hydrogen (secondary N) is 3. The van der Waals surface area contributed by atoms with Gasteiger partial charge in [-0.1, -0.05) is 6.08 Å². The fourth-order valence-corrected chi connectivity index (χ4v) is 3.30. The van der Waals surface area contributed by atoms with Crippen LogP contribution in [-0.2, 0) is 16.0 Å². The second-order valence-electron chi connectivity index (χ2n) is 5.20. The van der Waals surface area contributed by atoms with E-state index >= 15 is 0 Å². The van der Waals surface area contributed by atoms with Crippen molar-refractivity contribution in [1.29, 1.82) is 0 Å². The Morgan fingerprint density at radius 1 is 1.46 bits per heavy atom. The Hall–Kier alpha value is -2.35. The summed E-state index contributed by atoms with van der Waals surface area (Å²) in [5.74, 6) is -0.195. The van der Waals surface area contributed by atoms with E-state index in [0.717, 1.165) is 21.4 Å². The predicted octanol–water partition coefficient (Wildman–Crippen LogP) is 2.62. The summed E-state index contributed by atoms with van der Waals surface area (Å²) in [4.78, 5) is 34.1. The average Bonchev–Trinajstić information content (AvgIpc) is 3.08. The highest BCUT2D eigenvalue weighted by Gasteiger charge is 2.17. The van der Waals surface area contributed by atoms with Crippen LogP contribution in [0.3, 0.4) is 0 Å². The molecule has 0 radical (unpaired) electrons. The van der Waals surface area contributed by atoms with Crippen molar-refractivity contribution < 1.29 is 9.53 Å². The van der Waals surface area contributed by atoms with Gasteiger partial charge in [0.15, 0.2) is 5.13 Å². The van der Waals surface area contributed by atoms with E-state index in [0.29, 0.717) is 38.1 Å². The van der Waals surface area contributed by atoms with Gasteiger partial charge in [0.25, 0.3) is 0 Å². The summed E-state index contributed by atoms with van der Waals surface area (Å²) in [5, 5.41) is 3.93. The van der Waals surface area contributed by atoms with Gasteiger partial charge in [0, 0.05) is 23.5 Å². The molecule has 0 saturated carbocycles. The van der Waals surface area contributed by atoms with E-state index in [-0.39, 0.29) is 11.7 Å². The minimum atomic E-state index is -0.256. The van der Waals surface area contributed by atoms with Gasteiger partial charge in [-0.05, 0) is 26.7 Å². The molecule has 0 unspecified atom stereocenters. The summed E-state index contributed by atoms with van der Waals surface area (Å²) < 4.78 is 4.95. The molecule has 0 aliphatic heterocycles. The Morgan fingerprint density at radius 2 is 2.25 bits per heavy atom. The number of carbonyl (C=O) groups is 1. The zero-order valence-corrected chi connectivity index (χ0v) is 14.7. The first-order valence-corrected chi connectivity index (χ1v) is 8.66. The van der Waals surface area contributed by atoms with Crippen LogP contribution in [0.15, 0.2) is 17.4 Å². The number of imidazole rings is 1. The Balaban J connectivity index is 2.19. The van der Waals surface area contributed by atoms with E-state index in [1.807, 2.05) is 6.92 Å². The first kappa shape index (κ1) is 18.0. The third kappa shape index (κ3) is 4.58. The summed E-state index contributed by atoms with van der Waals surface area (Å²) in [5.41, 5.74) is 1.92. The highest BCUT2D eigenvalue weighted by atomic mass is 32.1. The van der Waals surface area contributed by atoms with E-state index in [4.69, 9.17) is 4.74 Å². The number of hydrogen-bond acceptors (Lipinski definition) is 6. The van der Waals surface area contributed by atoms with Crippen LogP contribution in [0, 0.1) is 6.92 Å². The lowest BCUT2D eigenvalue weighted by atomic mass is 10.1. The first-order valence-electron chi connectivity index (χ1n) is 7.84. The average molecular weight is 350 g/mol. The zero-order valence-electron chi connectivity index (χ0n) is 13.9. The van der Waals surface area contributed by atoms with Crippen LogP contribution < -0.4 is 11.0 Å². The van der Waals surface area contributed by atoms with Crippen molar-refractivity contribution in [1.82, 2.24) is 15.0 Å². The number of ether oxygens (including phenoxy) is 1. The standard InChI is InChI=1S/C16H22N4O3S/c1-4-9-17-16-20-14(13-10(3)18-15(22)19-13)11(24-16)7-6-8-12(21)23-5-2/h4H,1,5-9H2,2-3H3,(H,17,20)(H2,18,19,22). The molecule has 2 aromatic heterocycles. The Morgan fingerprint density at radius 3 is 2.88 bits per heavy atom. The molecule has 2 rings (SSSR count). The second-order valence-corrected chi connectivity index (χ2v) is 6.28. The molecule has 0 saturated heterocycles. The van der Waals surface area contributed by atoms with Crippen molar-refractivity contribution in [3.8, 4) is 11.4 Å². The Labute approximate surface area is 144 Å². The van der Waals surface area contributed by atoms with Crippen LogP contribution >= 0.6 is 11.3 Å². The molecule has 0 spiro atoms. The van der Waals surface area contributed by atoms with E-state index in [9.17, 15) is 9.59 Å². The van der Waals surface area contributed by atoms with Gasteiger partial charge in [0.1, 0.15) is 5.69 Å². The molecule has 0 atom stereocenters. The number of thiazole rings is 1. The highest BCUT2D eigenvalue weighted by Crippen LogP contribution is 2.32. The van der Waals surface area contributed by atoms with E-state index in [1.54, 1.807) is 13.0 Å². The number of nitrogens with zero attached hydrogens (tertiary/aromatic N) is 1. The van der Waals surface area contributed by atoms with Crippen molar-refractivity contribution in [3.63, 3.8) is 0 Å². The molecule has 2 heterocycles. The molecule has 0 fully saturated rings. The van der Waals surface area contributed by atoms with Crippen molar-refractivity contribution >= 4 is 22.4 Å². The molecular weight excluding hydrogens is 328 g/mol. The number of rotatable bonds is 9. The van der Waals surface area contributed by atoms with Crippen molar-refractivity contribution in [2.24, 2.45) is 0 Å². The van der Waals surface area contributed by atoms with Gasteiger partial charge >= 0.3 is 11.7 Å². The van der Waals surface area contributed by atoms with Crippen LogP contribution in [0.25, 0.3) is 11.4 Å². The normalized spacial score (nSPS) is 10.6. The van der Waals surface area contributed by atoms with Crippen LogP contribution in [-0.4, -0.2) is 34.1 Å². The molecule has 0 bridgehead atoms.